The Balaban J connectivity index is 1.56. The molecule has 2 amide bonds. The highest BCUT2D eigenvalue weighted by molar-refractivity contribution is 7.21. The molecule has 7 heteroatoms. The van der Waals surface area contributed by atoms with E-state index in [0.29, 0.717) is 13.1 Å². The van der Waals surface area contributed by atoms with Crippen LogP contribution < -0.4 is 16.0 Å². The summed E-state index contributed by atoms with van der Waals surface area (Å²) in [5, 5.41) is 11.4. The molecule has 0 saturated carbocycles. The Morgan fingerprint density at radius 3 is 3.00 bits per heavy atom. The molecule has 0 radical (unpaired) electrons. The number of benzene rings is 2. The second-order valence-electron chi connectivity index (χ2n) is 7.89. The number of anilines is 1. The Morgan fingerprint density at radius 1 is 1.28 bits per heavy atom. The number of nitrogens with one attached hydrogen (secondary N) is 3. The second-order valence-corrected chi connectivity index (χ2v) is 8.94. The monoisotopic (exact) mass is 442 g/mol. The van der Waals surface area contributed by atoms with Crippen LogP contribution in [0.3, 0.4) is 0 Å². The number of hydrogen-bond donors (Lipinski definition) is 3. The maximum atomic E-state index is 12.6. The average molecular weight is 443 g/mol. The lowest BCUT2D eigenvalue weighted by Crippen LogP contribution is -2.34. The number of amides is 2. The van der Waals surface area contributed by atoms with Crippen LogP contribution in [0.4, 0.5) is 5.69 Å². The minimum absolute atomic E-state index is 0.0308. The van der Waals surface area contributed by atoms with Crippen molar-refractivity contribution in [1.82, 2.24) is 15.6 Å². The molecule has 0 bridgehead atoms. The van der Waals surface area contributed by atoms with Gasteiger partial charge in [0.05, 0.1) is 16.9 Å². The molecule has 0 fully saturated rings. The minimum Gasteiger partial charge on any atom is -0.381 e. The topological polar surface area (TPSA) is 83.1 Å². The third-order valence-electron chi connectivity index (χ3n) is 5.57. The molecule has 0 spiro atoms. The van der Waals surface area contributed by atoms with E-state index in [1.165, 1.54) is 17.4 Å². The minimum atomic E-state index is -0.199. The number of hydrogen-bond acceptors (Lipinski definition) is 5. The fraction of sp³-hybridized carbons (Fsp3) is 0.160. The molecule has 2 aromatic carbocycles. The van der Waals surface area contributed by atoms with Crippen LogP contribution in [0.25, 0.3) is 32.2 Å². The Labute approximate surface area is 189 Å². The molecule has 3 N–H and O–H groups in total. The van der Waals surface area contributed by atoms with Gasteiger partial charge < -0.3 is 16.0 Å². The van der Waals surface area contributed by atoms with E-state index in [1.807, 2.05) is 49.4 Å². The number of aromatic nitrogens is 1. The summed E-state index contributed by atoms with van der Waals surface area (Å²) in [6.45, 7) is 6.58. The smallest absolute Gasteiger partial charge is 0.263 e. The predicted octanol–water partition coefficient (Wildman–Crippen LogP) is 4.46. The molecule has 32 heavy (non-hydrogen) atoms. The number of rotatable bonds is 4. The van der Waals surface area contributed by atoms with Gasteiger partial charge >= 0.3 is 0 Å². The highest BCUT2D eigenvalue weighted by atomic mass is 32.1. The van der Waals surface area contributed by atoms with Gasteiger partial charge in [0.15, 0.2) is 0 Å². The van der Waals surface area contributed by atoms with Crippen molar-refractivity contribution in [2.24, 2.45) is 0 Å². The van der Waals surface area contributed by atoms with Crippen molar-refractivity contribution in [3.63, 3.8) is 0 Å². The van der Waals surface area contributed by atoms with Crippen molar-refractivity contribution in [2.75, 3.05) is 11.9 Å². The van der Waals surface area contributed by atoms with Crippen molar-refractivity contribution >= 4 is 49.8 Å². The van der Waals surface area contributed by atoms with Crippen molar-refractivity contribution in [3.8, 4) is 11.3 Å². The molecule has 1 aliphatic rings. The summed E-state index contributed by atoms with van der Waals surface area (Å²) in [5.74, 6) is -0.230. The van der Waals surface area contributed by atoms with Gasteiger partial charge in [-0.15, -0.1) is 11.3 Å². The third kappa shape index (κ3) is 3.61. The number of carbonyl (C=O) groups is 2. The molecule has 0 saturated heterocycles. The van der Waals surface area contributed by atoms with Gasteiger partial charge in [0.1, 0.15) is 4.88 Å². The van der Waals surface area contributed by atoms with Crippen LogP contribution in [0.5, 0.6) is 0 Å². The second kappa shape index (κ2) is 8.09. The molecule has 1 atom stereocenters. The number of carbonyl (C=O) groups excluding carboxylic acids is 2. The van der Waals surface area contributed by atoms with E-state index >= 15 is 0 Å². The first-order valence-electron chi connectivity index (χ1n) is 10.4. The zero-order chi connectivity index (χ0) is 22.2. The molecular weight excluding hydrogens is 420 g/mol. The predicted molar refractivity (Wildman–Crippen MR) is 130 cm³/mol. The standard InChI is InChI=1S/C25H22N4O2S/c1-3-21(30)26-13-15-5-4-6-16(11-15)18-8-7-17-19(29-18)9-10-20-22(17)23-24(32-20)25(31)28-14(2)12-27-23/h3-11,14,27H,1,12-13H2,2H3,(H,26,30)(H,28,31). The fourth-order valence-electron chi connectivity index (χ4n) is 3.99. The van der Waals surface area contributed by atoms with Gasteiger partial charge in [0, 0.05) is 40.2 Å². The Hall–Kier alpha value is -3.71. The number of pyridine rings is 1. The van der Waals surface area contributed by atoms with E-state index in [0.717, 1.165) is 48.4 Å². The van der Waals surface area contributed by atoms with Crippen molar-refractivity contribution in [3.05, 3.63) is 71.6 Å². The summed E-state index contributed by atoms with van der Waals surface area (Å²) in [5.41, 5.74) is 4.59. The van der Waals surface area contributed by atoms with E-state index < -0.39 is 0 Å². The van der Waals surface area contributed by atoms with Gasteiger partial charge in [-0.25, -0.2) is 4.98 Å². The lowest BCUT2D eigenvalue weighted by molar-refractivity contribution is -0.116. The summed E-state index contributed by atoms with van der Waals surface area (Å²) >= 11 is 1.51. The van der Waals surface area contributed by atoms with Crippen LogP contribution in [0, 0.1) is 0 Å². The number of fused-ring (bicyclic) bond motifs is 5. The molecule has 4 aromatic rings. The maximum Gasteiger partial charge on any atom is 0.263 e. The van der Waals surface area contributed by atoms with E-state index in [9.17, 15) is 9.59 Å². The Bertz CT molecular complexity index is 1390. The van der Waals surface area contributed by atoms with Gasteiger partial charge in [-0.05, 0) is 48.9 Å². The molecular formula is C25H22N4O2S. The number of nitrogens with zero attached hydrogens (tertiary/aromatic N) is 1. The molecule has 160 valence electrons. The Kier molecular flexibility index (Phi) is 5.11. The summed E-state index contributed by atoms with van der Waals surface area (Å²) < 4.78 is 1.06. The summed E-state index contributed by atoms with van der Waals surface area (Å²) in [6, 6.07) is 16.2. The summed E-state index contributed by atoms with van der Waals surface area (Å²) in [7, 11) is 0. The van der Waals surface area contributed by atoms with Crippen molar-refractivity contribution in [2.45, 2.75) is 19.5 Å². The van der Waals surface area contributed by atoms with E-state index in [-0.39, 0.29) is 17.9 Å². The normalized spacial score (nSPS) is 15.5. The van der Waals surface area contributed by atoms with E-state index in [4.69, 9.17) is 4.98 Å². The highest BCUT2D eigenvalue weighted by Gasteiger charge is 2.24. The third-order valence-corrected chi connectivity index (χ3v) is 6.72. The summed E-state index contributed by atoms with van der Waals surface area (Å²) in [6.07, 6.45) is 1.26. The van der Waals surface area contributed by atoms with Crippen LogP contribution in [0.2, 0.25) is 0 Å². The quantitative estimate of drug-likeness (QED) is 0.408. The molecule has 2 aromatic heterocycles. The van der Waals surface area contributed by atoms with Crippen LogP contribution in [0.1, 0.15) is 22.2 Å². The van der Waals surface area contributed by atoms with Crippen LogP contribution in [-0.4, -0.2) is 29.4 Å². The lowest BCUT2D eigenvalue weighted by atomic mass is 10.0. The van der Waals surface area contributed by atoms with Crippen LogP contribution in [-0.2, 0) is 11.3 Å². The molecule has 1 unspecified atom stereocenters. The van der Waals surface area contributed by atoms with Crippen LogP contribution in [0.15, 0.2) is 61.2 Å². The Morgan fingerprint density at radius 2 is 2.16 bits per heavy atom. The zero-order valence-electron chi connectivity index (χ0n) is 17.6. The van der Waals surface area contributed by atoms with Gasteiger partial charge in [0.25, 0.3) is 5.91 Å². The molecule has 1 aliphatic heterocycles. The summed E-state index contributed by atoms with van der Waals surface area (Å²) in [4.78, 5) is 29.7. The molecule has 0 aliphatic carbocycles. The van der Waals surface area contributed by atoms with Gasteiger partial charge in [-0.1, -0.05) is 24.8 Å². The van der Waals surface area contributed by atoms with Gasteiger partial charge in [-0.3, -0.25) is 9.59 Å². The first kappa shape index (κ1) is 20.2. The van der Waals surface area contributed by atoms with E-state index in [2.05, 4.69) is 28.6 Å². The van der Waals surface area contributed by atoms with Crippen LogP contribution >= 0.6 is 11.3 Å². The first-order valence-corrected chi connectivity index (χ1v) is 11.3. The van der Waals surface area contributed by atoms with Crippen molar-refractivity contribution in [1.29, 1.82) is 0 Å². The lowest BCUT2D eigenvalue weighted by Gasteiger charge is -2.10. The maximum absolute atomic E-state index is 12.6. The van der Waals surface area contributed by atoms with Crippen molar-refractivity contribution < 1.29 is 9.59 Å². The van der Waals surface area contributed by atoms with Gasteiger partial charge in [-0.2, -0.15) is 0 Å². The molecule has 3 heterocycles. The molecule has 5 rings (SSSR count). The SMILES string of the molecule is C=CC(=O)NCc1cccc(-c2ccc3c(ccc4sc5c(c43)NCC(C)NC5=O)n2)c1. The highest BCUT2D eigenvalue weighted by Crippen LogP contribution is 2.41. The number of thiophene rings is 1. The first-order chi connectivity index (χ1) is 15.5. The van der Waals surface area contributed by atoms with E-state index in [1.54, 1.807) is 0 Å². The zero-order valence-corrected chi connectivity index (χ0v) is 18.4. The fourth-order valence-corrected chi connectivity index (χ4v) is 5.09. The average Bonchev–Trinajstić information content (AvgIpc) is 3.13. The largest absolute Gasteiger partial charge is 0.381 e. The van der Waals surface area contributed by atoms with Gasteiger partial charge in [0.2, 0.25) is 5.91 Å². The molecule has 6 nitrogen and oxygen atoms in total.